The van der Waals surface area contributed by atoms with Gasteiger partial charge in [-0.1, -0.05) is 5.16 Å². The molecule has 1 aromatic heterocycles. The summed E-state index contributed by atoms with van der Waals surface area (Å²) in [7, 11) is 0. The van der Waals surface area contributed by atoms with Crippen molar-refractivity contribution in [2.24, 2.45) is 0 Å². The predicted octanol–water partition coefficient (Wildman–Crippen LogP) is 0.974. The molecule has 2 heterocycles. The average Bonchev–Trinajstić information content (AvgIpc) is 2.63. The number of aryl methyl sites for hydroxylation is 1. The molecule has 0 aliphatic carbocycles. The third kappa shape index (κ3) is 1.64. The lowest BCUT2D eigenvalue weighted by molar-refractivity contribution is 0.267. The van der Waals surface area contributed by atoms with Crippen LogP contribution in [0.15, 0.2) is 4.52 Å². The van der Waals surface area contributed by atoms with Crippen molar-refractivity contribution in [3.63, 3.8) is 0 Å². The molecule has 1 aliphatic rings. The quantitative estimate of drug-likeness (QED) is 0.658. The summed E-state index contributed by atoms with van der Waals surface area (Å²) in [6.07, 6.45) is 2.60. The van der Waals surface area contributed by atoms with E-state index in [2.05, 4.69) is 15.0 Å². The van der Waals surface area contributed by atoms with Gasteiger partial charge in [0.05, 0.1) is 6.54 Å². The van der Waals surface area contributed by atoms with Crippen LogP contribution in [0.5, 0.6) is 0 Å². The molecule has 0 radical (unpaired) electrons. The van der Waals surface area contributed by atoms with Gasteiger partial charge in [-0.15, -0.1) is 0 Å². The first-order chi connectivity index (χ1) is 5.84. The number of hydrogen-bond acceptors (Lipinski definition) is 4. The zero-order valence-electron chi connectivity index (χ0n) is 7.29. The maximum atomic E-state index is 5.02. The first-order valence-electron chi connectivity index (χ1n) is 4.36. The molecule has 66 valence electrons. The van der Waals surface area contributed by atoms with E-state index >= 15 is 0 Å². The van der Waals surface area contributed by atoms with Crippen LogP contribution in [0.2, 0.25) is 0 Å². The summed E-state index contributed by atoms with van der Waals surface area (Å²) in [4.78, 5) is 6.49. The monoisotopic (exact) mass is 167 g/mol. The molecule has 0 unspecified atom stereocenters. The predicted molar refractivity (Wildman–Crippen MR) is 43.5 cm³/mol. The van der Waals surface area contributed by atoms with Crippen molar-refractivity contribution in [2.75, 3.05) is 13.1 Å². The van der Waals surface area contributed by atoms with E-state index in [9.17, 15) is 0 Å². The molecule has 1 aliphatic heterocycles. The van der Waals surface area contributed by atoms with E-state index in [1.807, 2.05) is 6.92 Å². The molecule has 4 nitrogen and oxygen atoms in total. The maximum Gasteiger partial charge on any atom is 0.240 e. The second-order valence-electron chi connectivity index (χ2n) is 3.22. The van der Waals surface area contributed by atoms with Crippen LogP contribution in [-0.4, -0.2) is 28.1 Å². The van der Waals surface area contributed by atoms with Crippen molar-refractivity contribution in [1.82, 2.24) is 15.0 Å². The Morgan fingerprint density at radius 2 is 2.17 bits per heavy atom. The van der Waals surface area contributed by atoms with Gasteiger partial charge in [0, 0.05) is 0 Å². The van der Waals surface area contributed by atoms with Gasteiger partial charge in [-0.25, -0.2) is 0 Å². The number of nitrogens with zero attached hydrogens (tertiary/aromatic N) is 3. The lowest BCUT2D eigenvalue weighted by atomic mass is 10.4. The first-order valence-corrected chi connectivity index (χ1v) is 4.36. The maximum absolute atomic E-state index is 5.02. The highest BCUT2D eigenvalue weighted by Gasteiger charge is 2.14. The van der Waals surface area contributed by atoms with Gasteiger partial charge in [0.15, 0.2) is 5.82 Å². The van der Waals surface area contributed by atoms with Crippen molar-refractivity contribution >= 4 is 0 Å². The molecular formula is C8H13N3O. The normalized spacial score (nSPS) is 18.8. The fourth-order valence-electron chi connectivity index (χ4n) is 1.54. The van der Waals surface area contributed by atoms with E-state index in [0.29, 0.717) is 0 Å². The summed E-state index contributed by atoms with van der Waals surface area (Å²) < 4.78 is 5.02. The van der Waals surface area contributed by atoms with Gasteiger partial charge in [0.25, 0.3) is 0 Å². The highest BCUT2D eigenvalue weighted by molar-refractivity contribution is 4.83. The van der Waals surface area contributed by atoms with E-state index in [4.69, 9.17) is 4.52 Å². The molecule has 0 N–H and O–H groups in total. The fraction of sp³-hybridized carbons (Fsp3) is 0.750. The second kappa shape index (κ2) is 3.23. The first kappa shape index (κ1) is 7.73. The van der Waals surface area contributed by atoms with E-state index in [0.717, 1.165) is 18.3 Å². The van der Waals surface area contributed by atoms with Crippen molar-refractivity contribution in [2.45, 2.75) is 26.3 Å². The Balaban J connectivity index is 1.94. The molecule has 0 aromatic carbocycles. The van der Waals surface area contributed by atoms with Crippen LogP contribution in [0.3, 0.4) is 0 Å². The third-order valence-electron chi connectivity index (χ3n) is 2.13. The second-order valence-corrected chi connectivity index (χ2v) is 3.22. The smallest absolute Gasteiger partial charge is 0.240 e. The molecule has 0 atom stereocenters. The van der Waals surface area contributed by atoms with Crippen LogP contribution in [0.25, 0.3) is 0 Å². The Labute approximate surface area is 71.6 Å². The van der Waals surface area contributed by atoms with Gasteiger partial charge in [-0.05, 0) is 32.9 Å². The standard InChI is InChI=1S/C8H13N3O/c1-7-9-8(12-10-7)6-11-4-2-3-5-11/h2-6H2,1H3. The van der Waals surface area contributed by atoms with Crippen LogP contribution in [0.4, 0.5) is 0 Å². The minimum atomic E-state index is 0.726. The van der Waals surface area contributed by atoms with Crippen molar-refractivity contribution in [3.8, 4) is 0 Å². The molecule has 1 fully saturated rings. The molecule has 2 rings (SSSR count). The molecule has 1 saturated heterocycles. The van der Waals surface area contributed by atoms with Gasteiger partial charge in [-0.3, -0.25) is 4.90 Å². The van der Waals surface area contributed by atoms with Crippen LogP contribution < -0.4 is 0 Å². The van der Waals surface area contributed by atoms with Gasteiger partial charge < -0.3 is 4.52 Å². The van der Waals surface area contributed by atoms with Gasteiger partial charge in [0.1, 0.15) is 0 Å². The van der Waals surface area contributed by atoms with E-state index in [1.165, 1.54) is 25.9 Å². The molecule has 12 heavy (non-hydrogen) atoms. The Morgan fingerprint density at radius 3 is 2.75 bits per heavy atom. The number of hydrogen-bond donors (Lipinski definition) is 0. The van der Waals surface area contributed by atoms with Crippen LogP contribution >= 0.6 is 0 Å². The molecule has 0 saturated carbocycles. The zero-order chi connectivity index (χ0) is 8.39. The molecule has 4 heteroatoms. The van der Waals surface area contributed by atoms with Crippen LogP contribution in [0, 0.1) is 6.92 Å². The van der Waals surface area contributed by atoms with Crippen molar-refractivity contribution in [3.05, 3.63) is 11.7 Å². The van der Waals surface area contributed by atoms with Crippen LogP contribution in [-0.2, 0) is 6.54 Å². The molecule has 0 spiro atoms. The summed E-state index contributed by atoms with van der Waals surface area (Å²) in [5, 5.41) is 3.75. The van der Waals surface area contributed by atoms with Crippen LogP contribution in [0.1, 0.15) is 24.6 Å². The van der Waals surface area contributed by atoms with Crippen molar-refractivity contribution < 1.29 is 4.52 Å². The number of aromatic nitrogens is 2. The van der Waals surface area contributed by atoms with E-state index in [1.54, 1.807) is 0 Å². The fourth-order valence-corrected chi connectivity index (χ4v) is 1.54. The minimum Gasteiger partial charge on any atom is -0.338 e. The largest absolute Gasteiger partial charge is 0.338 e. The Morgan fingerprint density at radius 1 is 1.42 bits per heavy atom. The number of rotatable bonds is 2. The lowest BCUT2D eigenvalue weighted by Crippen LogP contribution is -2.18. The highest BCUT2D eigenvalue weighted by atomic mass is 16.5. The minimum absolute atomic E-state index is 0.726. The van der Waals surface area contributed by atoms with Gasteiger partial charge in [0.2, 0.25) is 5.89 Å². The summed E-state index contributed by atoms with van der Waals surface area (Å²) in [5.41, 5.74) is 0. The summed E-state index contributed by atoms with van der Waals surface area (Å²) >= 11 is 0. The molecule has 1 aromatic rings. The summed E-state index contributed by atoms with van der Waals surface area (Å²) in [6, 6.07) is 0. The Bertz CT molecular complexity index is 253. The number of likely N-dealkylation sites (tertiary alicyclic amines) is 1. The van der Waals surface area contributed by atoms with Gasteiger partial charge in [-0.2, -0.15) is 4.98 Å². The van der Waals surface area contributed by atoms with Crippen molar-refractivity contribution in [1.29, 1.82) is 0 Å². The Kier molecular flexibility index (Phi) is 2.08. The summed E-state index contributed by atoms with van der Waals surface area (Å²) in [5.74, 6) is 1.47. The third-order valence-corrected chi connectivity index (χ3v) is 2.13. The molecular weight excluding hydrogens is 154 g/mol. The SMILES string of the molecule is Cc1noc(CN2CCCC2)n1. The average molecular weight is 167 g/mol. The molecule has 0 bridgehead atoms. The Hall–Kier alpha value is -0.900. The summed E-state index contributed by atoms with van der Waals surface area (Å²) in [6.45, 7) is 5.00. The molecule has 0 amide bonds. The lowest BCUT2D eigenvalue weighted by Gasteiger charge is -2.09. The van der Waals surface area contributed by atoms with E-state index in [-0.39, 0.29) is 0 Å². The topological polar surface area (TPSA) is 42.2 Å². The van der Waals surface area contributed by atoms with Gasteiger partial charge >= 0.3 is 0 Å². The van der Waals surface area contributed by atoms with E-state index < -0.39 is 0 Å². The highest BCUT2D eigenvalue weighted by Crippen LogP contribution is 2.10. The zero-order valence-corrected chi connectivity index (χ0v) is 7.29.